The van der Waals surface area contributed by atoms with E-state index in [2.05, 4.69) is 27.8 Å². The van der Waals surface area contributed by atoms with Gasteiger partial charge in [-0.05, 0) is 55.5 Å². The number of carbonyl (C=O) groups is 3. The maximum Gasteiger partial charge on any atom is 0.323 e. The number of carbonyl (C=O) groups excluding carboxylic acids is 3. The normalized spacial score (nSPS) is 9.73. The van der Waals surface area contributed by atoms with Crippen LogP contribution >= 0.6 is 0 Å². The Kier molecular flexibility index (Phi) is 6.50. The molecule has 26 heavy (non-hydrogen) atoms. The van der Waals surface area contributed by atoms with Crippen molar-refractivity contribution < 1.29 is 14.4 Å². The lowest BCUT2D eigenvalue weighted by Gasteiger charge is -2.09. The summed E-state index contributed by atoms with van der Waals surface area (Å²) in [5, 5.41) is 10.6. The Morgan fingerprint density at radius 1 is 0.808 bits per heavy atom. The molecule has 2 aromatic carbocycles. The highest BCUT2D eigenvalue weighted by Crippen LogP contribution is 2.15. The molecule has 0 bridgehead atoms. The first-order valence-electron chi connectivity index (χ1n) is 7.93. The summed E-state index contributed by atoms with van der Waals surface area (Å²) in [6.07, 6.45) is 1.58. The highest BCUT2D eigenvalue weighted by atomic mass is 16.2. The summed E-state index contributed by atoms with van der Waals surface area (Å²) in [4.78, 5) is 34.8. The van der Waals surface area contributed by atoms with E-state index < -0.39 is 6.03 Å². The number of benzene rings is 2. The molecule has 7 heteroatoms. The van der Waals surface area contributed by atoms with Gasteiger partial charge in [0.05, 0.1) is 0 Å². The molecule has 4 amide bonds. The van der Waals surface area contributed by atoms with Gasteiger partial charge in [0.25, 0.3) is 0 Å². The van der Waals surface area contributed by atoms with Gasteiger partial charge in [-0.3, -0.25) is 4.79 Å². The Hall–Kier alpha value is -3.61. The first-order chi connectivity index (χ1) is 12.5. The molecule has 0 heterocycles. The van der Waals surface area contributed by atoms with Crippen LogP contribution in [0.1, 0.15) is 17.3 Å². The van der Waals surface area contributed by atoms with Gasteiger partial charge < -0.3 is 21.3 Å². The van der Waals surface area contributed by atoms with Crippen LogP contribution in [0, 0.1) is 0 Å². The summed E-state index contributed by atoms with van der Waals surface area (Å²) in [6.45, 7) is 5.37. The Balaban J connectivity index is 1.87. The molecule has 0 fully saturated rings. The molecule has 0 unspecified atom stereocenters. The molecule has 0 spiro atoms. The topological polar surface area (TPSA) is 99.3 Å². The SMILES string of the molecule is C=CCNC(=O)Nc1ccc(NC(=O)Nc2ccc(C(C)=O)cc2)cc1. The van der Waals surface area contributed by atoms with E-state index in [9.17, 15) is 14.4 Å². The summed E-state index contributed by atoms with van der Waals surface area (Å²) in [7, 11) is 0. The molecule has 0 saturated carbocycles. The minimum atomic E-state index is -0.412. The van der Waals surface area contributed by atoms with Gasteiger partial charge >= 0.3 is 12.1 Å². The third kappa shape index (κ3) is 5.79. The van der Waals surface area contributed by atoms with Crippen molar-refractivity contribution in [3.05, 3.63) is 66.7 Å². The van der Waals surface area contributed by atoms with Crippen molar-refractivity contribution in [2.24, 2.45) is 0 Å². The molecule has 2 rings (SSSR count). The van der Waals surface area contributed by atoms with Crippen molar-refractivity contribution in [2.75, 3.05) is 22.5 Å². The number of urea groups is 2. The first-order valence-corrected chi connectivity index (χ1v) is 7.93. The summed E-state index contributed by atoms with van der Waals surface area (Å²) < 4.78 is 0. The average Bonchev–Trinajstić information content (AvgIpc) is 2.62. The van der Waals surface area contributed by atoms with Crippen molar-refractivity contribution in [2.45, 2.75) is 6.92 Å². The lowest BCUT2D eigenvalue weighted by atomic mass is 10.1. The fourth-order valence-corrected chi connectivity index (χ4v) is 2.06. The van der Waals surface area contributed by atoms with Gasteiger partial charge in [0.15, 0.2) is 5.78 Å². The summed E-state index contributed by atoms with van der Waals surface area (Å²) in [6, 6.07) is 12.5. The summed E-state index contributed by atoms with van der Waals surface area (Å²) in [5.41, 5.74) is 2.32. The number of Topliss-reactive ketones (excluding diaryl/α,β-unsaturated/α-hetero) is 1. The number of rotatable bonds is 6. The second kappa shape index (κ2) is 9.03. The van der Waals surface area contributed by atoms with Crippen molar-refractivity contribution in [1.29, 1.82) is 0 Å². The van der Waals surface area contributed by atoms with E-state index >= 15 is 0 Å². The second-order valence-electron chi connectivity index (χ2n) is 5.41. The molecule has 0 saturated heterocycles. The van der Waals surface area contributed by atoms with Crippen molar-refractivity contribution in [1.82, 2.24) is 5.32 Å². The molecule has 0 aliphatic rings. The number of hydrogen-bond acceptors (Lipinski definition) is 3. The maximum atomic E-state index is 12.0. The zero-order chi connectivity index (χ0) is 18.9. The van der Waals surface area contributed by atoms with Gasteiger partial charge in [0.1, 0.15) is 0 Å². The van der Waals surface area contributed by atoms with Crippen LogP contribution in [0.4, 0.5) is 26.7 Å². The minimum Gasteiger partial charge on any atom is -0.334 e. The molecule has 0 radical (unpaired) electrons. The fraction of sp³-hybridized carbons (Fsp3) is 0.105. The van der Waals surface area contributed by atoms with Crippen molar-refractivity contribution in [3.63, 3.8) is 0 Å². The highest BCUT2D eigenvalue weighted by molar-refractivity contribution is 6.00. The van der Waals surface area contributed by atoms with Crippen LogP contribution in [-0.2, 0) is 0 Å². The molecule has 4 N–H and O–H groups in total. The number of amides is 4. The smallest absolute Gasteiger partial charge is 0.323 e. The molecule has 7 nitrogen and oxygen atoms in total. The predicted molar refractivity (Wildman–Crippen MR) is 103 cm³/mol. The minimum absolute atomic E-state index is 0.0344. The van der Waals surface area contributed by atoms with Gasteiger partial charge in [-0.25, -0.2) is 9.59 Å². The Bertz CT molecular complexity index is 799. The van der Waals surface area contributed by atoms with Crippen LogP contribution in [0.5, 0.6) is 0 Å². The number of nitrogens with one attached hydrogen (secondary N) is 4. The van der Waals surface area contributed by atoms with Gasteiger partial charge in [-0.15, -0.1) is 6.58 Å². The lowest BCUT2D eigenvalue weighted by Crippen LogP contribution is -2.28. The Labute approximate surface area is 151 Å². The zero-order valence-corrected chi connectivity index (χ0v) is 14.3. The molecule has 134 valence electrons. The predicted octanol–water partition coefficient (Wildman–Crippen LogP) is 3.84. The standard InChI is InChI=1S/C19H20N4O3/c1-3-12-20-18(25)21-16-8-10-17(11-9-16)23-19(26)22-15-6-4-14(5-7-15)13(2)24/h3-11H,1,12H2,2H3,(H2,20,21,25)(H2,22,23,26). The number of anilines is 3. The molecular weight excluding hydrogens is 332 g/mol. The van der Waals surface area contributed by atoms with E-state index in [4.69, 9.17) is 0 Å². The van der Waals surface area contributed by atoms with Gasteiger partial charge in [-0.2, -0.15) is 0 Å². The molecule has 0 atom stereocenters. The second-order valence-corrected chi connectivity index (χ2v) is 5.41. The Morgan fingerprint density at radius 2 is 1.23 bits per heavy atom. The van der Waals surface area contributed by atoms with Gasteiger partial charge in [-0.1, -0.05) is 6.08 Å². The van der Waals surface area contributed by atoms with Gasteiger partial charge in [0, 0.05) is 29.2 Å². The first kappa shape index (κ1) is 18.7. The average molecular weight is 352 g/mol. The van der Waals surface area contributed by atoms with E-state index in [1.165, 1.54) is 6.92 Å². The van der Waals surface area contributed by atoms with Crippen LogP contribution < -0.4 is 21.3 Å². The van der Waals surface area contributed by atoms with Crippen LogP contribution in [-0.4, -0.2) is 24.4 Å². The maximum absolute atomic E-state index is 12.0. The Morgan fingerprint density at radius 3 is 1.65 bits per heavy atom. The summed E-state index contributed by atoms with van der Waals surface area (Å²) in [5.74, 6) is -0.0344. The van der Waals surface area contributed by atoms with Crippen LogP contribution in [0.25, 0.3) is 0 Å². The molecular formula is C19H20N4O3. The third-order valence-electron chi connectivity index (χ3n) is 3.36. The quantitative estimate of drug-likeness (QED) is 0.469. The fourth-order valence-electron chi connectivity index (χ4n) is 2.06. The number of hydrogen-bond donors (Lipinski definition) is 4. The van der Waals surface area contributed by atoms with Gasteiger partial charge in [0.2, 0.25) is 0 Å². The molecule has 0 aliphatic heterocycles. The van der Waals surface area contributed by atoms with Crippen LogP contribution in [0.15, 0.2) is 61.2 Å². The lowest BCUT2D eigenvalue weighted by molar-refractivity contribution is 0.101. The van der Waals surface area contributed by atoms with E-state index in [0.717, 1.165) is 0 Å². The largest absolute Gasteiger partial charge is 0.334 e. The third-order valence-corrected chi connectivity index (χ3v) is 3.36. The highest BCUT2D eigenvalue weighted by Gasteiger charge is 2.05. The van der Waals surface area contributed by atoms with E-state index in [-0.39, 0.29) is 11.8 Å². The van der Waals surface area contributed by atoms with E-state index in [1.54, 1.807) is 54.6 Å². The molecule has 0 aliphatic carbocycles. The van der Waals surface area contributed by atoms with Crippen LogP contribution in [0.3, 0.4) is 0 Å². The zero-order valence-electron chi connectivity index (χ0n) is 14.3. The van der Waals surface area contributed by atoms with Crippen molar-refractivity contribution >= 4 is 34.9 Å². The summed E-state index contributed by atoms with van der Waals surface area (Å²) >= 11 is 0. The van der Waals surface area contributed by atoms with Crippen molar-refractivity contribution in [3.8, 4) is 0 Å². The number of ketones is 1. The molecule has 2 aromatic rings. The monoisotopic (exact) mass is 352 g/mol. The molecule has 0 aromatic heterocycles. The van der Waals surface area contributed by atoms with E-state index in [0.29, 0.717) is 29.2 Å². The van der Waals surface area contributed by atoms with E-state index in [1.807, 2.05) is 0 Å². The van der Waals surface area contributed by atoms with Crippen LogP contribution in [0.2, 0.25) is 0 Å².